The van der Waals surface area contributed by atoms with Gasteiger partial charge in [0.15, 0.2) is 0 Å². The zero-order chi connectivity index (χ0) is 20.1. The topological polar surface area (TPSA) is 65.4 Å². The Morgan fingerprint density at radius 1 is 1.14 bits per heavy atom. The van der Waals surface area contributed by atoms with Gasteiger partial charge in [-0.05, 0) is 43.7 Å². The molecule has 3 aromatic heterocycles. The Balaban J connectivity index is 1.32. The van der Waals surface area contributed by atoms with Crippen LogP contribution in [0.2, 0.25) is 0 Å². The molecule has 1 aliphatic rings. The van der Waals surface area contributed by atoms with E-state index in [1.807, 2.05) is 36.0 Å². The largest absolute Gasteiger partial charge is 0.383 e. The first-order valence-electron chi connectivity index (χ1n) is 9.98. The molecule has 1 N–H and O–H groups in total. The summed E-state index contributed by atoms with van der Waals surface area (Å²) in [5.74, 6) is 0. The van der Waals surface area contributed by atoms with Gasteiger partial charge in [0.1, 0.15) is 10.6 Å². The molecular formula is C22H27N5OS. The fourth-order valence-corrected chi connectivity index (χ4v) is 4.71. The predicted octanol–water partition coefficient (Wildman–Crippen LogP) is 3.05. The molecule has 0 atom stereocenters. The number of piperidine rings is 1. The highest BCUT2D eigenvalue weighted by atomic mass is 32.1. The average molecular weight is 410 g/mol. The molecule has 0 radical (unpaired) electrons. The number of likely N-dealkylation sites (tertiary alicyclic amines) is 1. The van der Waals surface area contributed by atoms with E-state index in [0.717, 1.165) is 49.1 Å². The first-order valence-corrected chi connectivity index (χ1v) is 10.9. The monoisotopic (exact) mass is 409 g/mol. The Bertz CT molecular complexity index is 894. The molecule has 4 rings (SSSR count). The van der Waals surface area contributed by atoms with E-state index in [-0.39, 0.29) is 0 Å². The minimum atomic E-state index is -0.822. The van der Waals surface area contributed by atoms with Gasteiger partial charge in [-0.2, -0.15) is 0 Å². The second-order valence-electron chi connectivity index (χ2n) is 7.79. The predicted molar refractivity (Wildman–Crippen MR) is 114 cm³/mol. The number of pyridine rings is 2. The van der Waals surface area contributed by atoms with Crippen LogP contribution in [-0.2, 0) is 25.2 Å². The van der Waals surface area contributed by atoms with Crippen LogP contribution < -0.4 is 0 Å². The van der Waals surface area contributed by atoms with Crippen LogP contribution in [0.5, 0.6) is 0 Å². The van der Waals surface area contributed by atoms with Crippen molar-refractivity contribution < 1.29 is 5.11 Å². The smallest absolute Gasteiger partial charge is 0.110 e. The number of hydrogen-bond donors (Lipinski definition) is 1. The Morgan fingerprint density at radius 2 is 2.00 bits per heavy atom. The first kappa shape index (κ1) is 20.1. The summed E-state index contributed by atoms with van der Waals surface area (Å²) in [6.45, 7) is 4.12. The fraction of sp³-hybridized carbons (Fsp3) is 0.409. The van der Waals surface area contributed by atoms with E-state index in [1.165, 1.54) is 5.56 Å². The van der Waals surface area contributed by atoms with Gasteiger partial charge in [-0.25, -0.2) is 4.98 Å². The van der Waals surface area contributed by atoms with Crippen molar-refractivity contribution >= 4 is 11.3 Å². The van der Waals surface area contributed by atoms with E-state index >= 15 is 0 Å². The first-order chi connectivity index (χ1) is 14.1. The van der Waals surface area contributed by atoms with E-state index < -0.39 is 5.60 Å². The zero-order valence-electron chi connectivity index (χ0n) is 16.7. The molecule has 0 spiro atoms. The third-order valence-electron chi connectivity index (χ3n) is 5.40. The minimum Gasteiger partial charge on any atom is -0.383 e. The quantitative estimate of drug-likeness (QED) is 0.647. The van der Waals surface area contributed by atoms with Crippen LogP contribution in [0.25, 0.3) is 0 Å². The lowest BCUT2D eigenvalue weighted by molar-refractivity contribution is -0.0310. The molecule has 0 saturated carbocycles. The SMILES string of the molecule is CN(Cc1cccnc1)Cc1nc(C2(O)CCN(Cc3ccccn3)CC2)cs1. The van der Waals surface area contributed by atoms with Crippen LogP contribution in [0.3, 0.4) is 0 Å². The normalized spacial score (nSPS) is 16.9. The maximum Gasteiger partial charge on any atom is 0.110 e. The summed E-state index contributed by atoms with van der Waals surface area (Å²) in [5, 5.41) is 14.3. The van der Waals surface area contributed by atoms with Gasteiger partial charge < -0.3 is 5.11 Å². The number of rotatable bonds is 7. The second kappa shape index (κ2) is 9.09. The molecule has 0 aromatic carbocycles. The van der Waals surface area contributed by atoms with Crippen molar-refractivity contribution in [2.75, 3.05) is 20.1 Å². The molecule has 1 saturated heterocycles. The number of hydrogen-bond acceptors (Lipinski definition) is 7. The Morgan fingerprint density at radius 3 is 2.72 bits per heavy atom. The lowest BCUT2D eigenvalue weighted by Gasteiger charge is -2.37. The Hall–Kier alpha value is -2.19. The molecule has 4 heterocycles. The van der Waals surface area contributed by atoms with Gasteiger partial charge in [0.25, 0.3) is 0 Å². The second-order valence-corrected chi connectivity index (χ2v) is 8.73. The van der Waals surface area contributed by atoms with Gasteiger partial charge in [-0.1, -0.05) is 12.1 Å². The lowest BCUT2D eigenvalue weighted by Crippen LogP contribution is -2.42. The highest BCUT2D eigenvalue weighted by Gasteiger charge is 2.36. The van der Waals surface area contributed by atoms with Gasteiger partial charge in [0, 0.05) is 50.1 Å². The van der Waals surface area contributed by atoms with Crippen molar-refractivity contribution in [2.45, 2.75) is 38.1 Å². The molecule has 29 heavy (non-hydrogen) atoms. The number of aromatic nitrogens is 3. The Labute approximate surface area is 175 Å². The van der Waals surface area contributed by atoms with Crippen LogP contribution >= 0.6 is 11.3 Å². The molecule has 152 valence electrons. The van der Waals surface area contributed by atoms with Crippen molar-refractivity contribution in [2.24, 2.45) is 0 Å². The lowest BCUT2D eigenvalue weighted by atomic mass is 9.89. The molecule has 0 amide bonds. The number of aliphatic hydroxyl groups is 1. The van der Waals surface area contributed by atoms with Gasteiger partial charge in [0.2, 0.25) is 0 Å². The fourth-order valence-electron chi connectivity index (χ4n) is 3.75. The number of nitrogens with zero attached hydrogens (tertiary/aromatic N) is 5. The summed E-state index contributed by atoms with van der Waals surface area (Å²) in [7, 11) is 2.08. The summed E-state index contributed by atoms with van der Waals surface area (Å²) in [5.41, 5.74) is 2.26. The third kappa shape index (κ3) is 5.25. The summed E-state index contributed by atoms with van der Waals surface area (Å²) in [6.07, 6.45) is 6.92. The highest BCUT2D eigenvalue weighted by molar-refractivity contribution is 7.09. The van der Waals surface area contributed by atoms with Crippen molar-refractivity contribution in [1.29, 1.82) is 0 Å². The number of thiazole rings is 1. The van der Waals surface area contributed by atoms with Crippen LogP contribution in [0.4, 0.5) is 0 Å². The van der Waals surface area contributed by atoms with E-state index in [2.05, 4.69) is 38.9 Å². The van der Waals surface area contributed by atoms with E-state index in [4.69, 9.17) is 4.98 Å². The average Bonchev–Trinajstić information content (AvgIpc) is 3.21. The van der Waals surface area contributed by atoms with Gasteiger partial charge in [0.05, 0.1) is 17.9 Å². The van der Waals surface area contributed by atoms with Crippen molar-refractivity contribution in [1.82, 2.24) is 24.8 Å². The van der Waals surface area contributed by atoms with Gasteiger partial charge in [-0.3, -0.25) is 19.8 Å². The summed E-state index contributed by atoms with van der Waals surface area (Å²) < 4.78 is 0. The van der Waals surface area contributed by atoms with Crippen LogP contribution in [0, 0.1) is 0 Å². The molecule has 1 aliphatic heterocycles. The Kier molecular flexibility index (Phi) is 6.30. The van der Waals surface area contributed by atoms with Crippen molar-refractivity contribution in [3.8, 4) is 0 Å². The molecule has 3 aromatic rings. The van der Waals surface area contributed by atoms with Gasteiger partial charge >= 0.3 is 0 Å². The molecule has 0 aliphatic carbocycles. The van der Waals surface area contributed by atoms with Gasteiger partial charge in [-0.15, -0.1) is 11.3 Å². The van der Waals surface area contributed by atoms with Crippen LogP contribution in [0.1, 0.15) is 34.8 Å². The molecule has 0 unspecified atom stereocenters. The zero-order valence-corrected chi connectivity index (χ0v) is 17.6. The summed E-state index contributed by atoms with van der Waals surface area (Å²) >= 11 is 1.63. The third-order valence-corrected chi connectivity index (χ3v) is 6.24. The molecule has 0 bridgehead atoms. The maximum absolute atomic E-state index is 11.2. The summed E-state index contributed by atoms with van der Waals surface area (Å²) in [6, 6.07) is 10.0. The van der Waals surface area contributed by atoms with E-state index in [9.17, 15) is 5.11 Å². The van der Waals surface area contributed by atoms with Crippen molar-refractivity contribution in [3.05, 3.63) is 76.3 Å². The highest BCUT2D eigenvalue weighted by Crippen LogP contribution is 2.34. The molecule has 1 fully saturated rings. The van der Waals surface area contributed by atoms with E-state index in [0.29, 0.717) is 12.8 Å². The van der Waals surface area contributed by atoms with E-state index in [1.54, 1.807) is 17.5 Å². The molecule has 7 heteroatoms. The summed E-state index contributed by atoms with van der Waals surface area (Å²) in [4.78, 5) is 17.9. The van der Waals surface area contributed by atoms with Crippen LogP contribution in [-0.4, -0.2) is 50.0 Å². The van der Waals surface area contributed by atoms with Crippen molar-refractivity contribution in [3.63, 3.8) is 0 Å². The molecular weight excluding hydrogens is 382 g/mol. The maximum atomic E-state index is 11.2. The molecule has 6 nitrogen and oxygen atoms in total. The van der Waals surface area contributed by atoms with Crippen LogP contribution in [0.15, 0.2) is 54.3 Å². The standard InChI is InChI=1S/C22H27N5OS/c1-26(14-18-5-4-9-23-13-18)16-21-25-20(17-29-21)22(28)7-11-27(12-8-22)15-19-6-2-3-10-24-19/h2-6,9-10,13,17,28H,7-8,11-12,14-16H2,1H3. The minimum absolute atomic E-state index is 0.703.